The summed E-state index contributed by atoms with van der Waals surface area (Å²) >= 11 is 3.49. The number of nitrogens with one attached hydrogen (secondary N) is 2. The van der Waals surface area contributed by atoms with Gasteiger partial charge in [0.15, 0.2) is 0 Å². The van der Waals surface area contributed by atoms with Crippen LogP contribution >= 0.6 is 15.9 Å². The molecule has 0 fully saturated rings. The zero-order valence-electron chi connectivity index (χ0n) is 12.2. The third kappa shape index (κ3) is 4.99. The average molecular weight is 351 g/mol. The number of methoxy groups -OCH3 is 1. The van der Waals surface area contributed by atoms with Crippen LogP contribution in [0.3, 0.4) is 0 Å². The van der Waals surface area contributed by atoms with E-state index in [1.165, 1.54) is 5.56 Å². The lowest BCUT2D eigenvalue weighted by Crippen LogP contribution is -2.08. The molecule has 0 radical (unpaired) electrons. The molecule has 112 valence electrons. The molecule has 0 amide bonds. The lowest BCUT2D eigenvalue weighted by molar-refractivity contribution is 0.197. The summed E-state index contributed by atoms with van der Waals surface area (Å²) in [5, 5.41) is 6.45. The molecule has 1 heterocycles. The average Bonchev–Trinajstić information content (AvgIpc) is 2.48. The Morgan fingerprint density at radius 2 is 2.14 bits per heavy atom. The summed E-state index contributed by atoms with van der Waals surface area (Å²) in [6.07, 6.45) is 2.66. The maximum absolute atomic E-state index is 5.01. The Kier molecular flexibility index (Phi) is 5.95. The van der Waals surface area contributed by atoms with Gasteiger partial charge >= 0.3 is 0 Å². The van der Waals surface area contributed by atoms with Gasteiger partial charge < -0.3 is 15.4 Å². The minimum atomic E-state index is 0.616. The summed E-state index contributed by atoms with van der Waals surface area (Å²) in [6, 6.07) is 7.93. The van der Waals surface area contributed by atoms with Gasteiger partial charge in [-0.1, -0.05) is 15.9 Å². The highest BCUT2D eigenvalue weighted by Crippen LogP contribution is 2.22. The van der Waals surface area contributed by atoms with Crippen molar-refractivity contribution >= 4 is 33.4 Å². The molecule has 0 aliphatic heterocycles. The Morgan fingerprint density at radius 3 is 2.90 bits per heavy atom. The molecule has 0 spiro atoms. The second-order valence-corrected chi connectivity index (χ2v) is 5.48. The van der Waals surface area contributed by atoms with Crippen LogP contribution in [0.1, 0.15) is 12.0 Å². The van der Waals surface area contributed by atoms with Crippen LogP contribution < -0.4 is 10.6 Å². The molecule has 0 atom stereocenters. The Bertz CT molecular complexity index is 592. The van der Waals surface area contributed by atoms with Crippen molar-refractivity contribution < 1.29 is 4.74 Å². The first kappa shape index (κ1) is 15.7. The second-order valence-electron chi connectivity index (χ2n) is 4.63. The van der Waals surface area contributed by atoms with Gasteiger partial charge in [-0.05, 0) is 43.2 Å². The number of hydrogen-bond acceptors (Lipinski definition) is 5. The van der Waals surface area contributed by atoms with Crippen LogP contribution in [0, 0.1) is 6.92 Å². The molecule has 5 nitrogen and oxygen atoms in total. The van der Waals surface area contributed by atoms with Crippen molar-refractivity contribution in [1.82, 2.24) is 9.97 Å². The first-order valence-electron chi connectivity index (χ1n) is 6.78. The second kappa shape index (κ2) is 7.95. The van der Waals surface area contributed by atoms with Gasteiger partial charge in [0.2, 0.25) is 5.95 Å². The van der Waals surface area contributed by atoms with E-state index < -0.39 is 0 Å². The molecule has 0 aliphatic carbocycles. The third-order valence-corrected chi connectivity index (χ3v) is 3.78. The van der Waals surface area contributed by atoms with E-state index in [1.807, 2.05) is 18.2 Å². The van der Waals surface area contributed by atoms with E-state index in [9.17, 15) is 0 Å². The van der Waals surface area contributed by atoms with Crippen molar-refractivity contribution in [3.05, 3.63) is 40.5 Å². The number of hydrogen-bond donors (Lipinski definition) is 2. The Hall–Kier alpha value is -1.66. The molecule has 0 saturated heterocycles. The molecule has 2 aromatic rings. The number of aryl methyl sites for hydroxylation is 1. The van der Waals surface area contributed by atoms with E-state index in [4.69, 9.17) is 4.74 Å². The molecule has 1 aromatic carbocycles. The van der Waals surface area contributed by atoms with E-state index in [0.29, 0.717) is 5.95 Å². The molecule has 21 heavy (non-hydrogen) atoms. The monoisotopic (exact) mass is 350 g/mol. The first-order chi connectivity index (χ1) is 10.2. The van der Waals surface area contributed by atoms with E-state index in [1.54, 1.807) is 13.3 Å². The van der Waals surface area contributed by atoms with Crippen LogP contribution in [0.25, 0.3) is 0 Å². The highest BCUT2D eigenvalue weighted by Gasteiger charge is 2.01. The third-order valence-electron chi connectivity index (χ3n) is 2.89. The maximum Gasteiger partial charge on any atom is 0.224 e. The van der Waals surface area contributed by atoms with Gasteiger partial charge in [0, 0.05) is 36.6 Å². The van der Waals surface area contributed by atoms with Gasteiger partial charge in [0.25, 0.3) is 0 Å². The van der Waals surface area contributed by atoms with Gasteiger partial charge in [-0.15, -0.1) is 0 Å². The lowest BCUT2D eigenvalue weighted by atomic mass is 10.2. The largest absolute Gasteiger partial charge is 0.385 e. The van der Waals surface area contributed by atoms with Crippen LogP contribution in [0.2, 0.25) is 0 Å². The fraction of sp³-hybridized carbons (Fsp3) is 0.333. The van der Waals surface area contributed by atoms with Gasteiger partial charge in [0.05, 0.1) is 0 Å². The number of aromatic nitrogens is 2. The quantitative estimate of drug-likeness (QED) is 0.745. The van der Waals surface area contributed by atoms with Crippen molar-refractivity contribution in [2.75, 3.05) is 30.9 Å². The predicted octanol–water partition coefficient (Wildman–Crippen LogP) is 3.74. The van der Waals surface area contributed by atoms with Crippen molar-refractivity contribution in [3.8, 4) is 0 Å². The zero-order chi connectivity index (χ0) is 15.1. The summed E-state index contributed by atoms with van der Waals surface area (Å²) in [7, 11) is 1.70. The standard InChI is InChI=1S/C15H19BrN4O/c1-11-10-12(4-5-13(11)16)19-14-6-8-18-15(20-14)17-7-3-9-21-2/h4-6,8,10H,3,7,9H2,1-2H3,(H2,17,18,19,20). The molecule has 0 unspecified atom stereocenters. The van der Waals surface area contributed by atoms with Crippen LogP contribution in [-0.4, -0.2) is 30.2 Å². The van der Waals surface area contributed by atoms with Gasteiger partial charge in [-0.25, -0.2) is 4.98 Å². The van der Waals surface area contributed by atoms with Crippen LogP contribution in [0.15, 0.2) is 34.9 Å². The minimum absolute atomic E-state index is 0.616. The Labute approximate surface area is 133 Å². The number of ether oxygens (including phenoxy) is 1. The lowest BCUT2D eigenvalue weighted by Gasteiger charge is -2.09. The van der Waals surface area contributed by atoms with Crippen molar-refractivity contribution in [2.24, 2.45) is 0 Å². The molecular weight excluding hydrogens is 332 g/mol. The fourth-order valence-corrected chi connectivity index (χ4v) is 2.05. The Balaban J connectivity index is 1.98. The van der Waals surface area contributed by atoms with Crippen molar-refractivity contribution in [2.45, 2.75) is 13.3 Å². The summed E-state index contributed by atoms with van der Waals surface area (Å²) in [5.41, 5.74) is 2.17. The van der Waals surface area contributed by atoms with E-state index >= 15 is 0 Å². The van der Waals surface area contributed by atoms with E-state index in [2.05, 4.69) is 49.5 Å². The van der Waals surface area contributed by atoms with Crippen LogP contribution in [0.4, 0.5) is 17.5 Å². The SMILES string of the molecule is COCCCNc1nccc(Nc2ccc(Br)c(C)c2)n1. The number of rotatable bonds is 7. The van der Waals surface area contributed by atoms with Gasteiger partial charge in [-0.2, -0.15) is 4.98 Å². The summed E-state index contributed by atoms with van der Waals surface area (Å²) < 4.78 is 6.10. The molecule has 2 rings (SSSR count). The predicted molar refractivity (Wildman–Crippen MR) is 89.2 cm³/mol. The number of halogens is 1. The van der Waals surface area contributed by atoms with E-state index in [0.717, 1.165) is 35.6 Å². The highest BCUT2D eigenvalue weighted by molar-refractivity contribution is 9.10. The number of anilines is 3. The van der Waals surface area contributed by atoms with E-state index in [-0.39, 0.29) is 0 Å². The topological polar surface area (TPSA) is 59.1 Å². The summed E-state index contributed by atoms with van der Waals surface area (Å²) in [4.78, 5) is 8.63. The highest BCUT2D eigenvalue weighted by atomic mass is 79.9. The number of benzene rings is 1. The smallest absolute Gasteiger partial charge is 0.224 e. The molecular formula is C15H19BrN4O. The molecule has 0 bridgehead atoms. The van der Waals surface area contributed by atoms with Crippen LogP contribution in [-0.2, 0) is 4.74 Å². The Morgan fingerprint density at radius 1 is 1.29 bits per heavy atom. The molecule has 6 heteroatoms. The molecule has 1 aromatic heterocycles. The zero-order valence-corrected chi connectivity index (χ0v) is 13.8. The summed E-state index contributed by atoms with van der Waals surface area (Å²) in [6.45, 7) is 3.57. The maximum atomic E-state index is 5.01. The summed E-state index contributed by atoms with van der Waals surface area (Å²) in [5.74, 6) is 1.38. The molecule has 0 saturated carbocycles. The van der Waals surface area contributed by atoms with Crippen molar-refractivity contribution in [3.63, 3.8) is 0 Å². The minimum Gasteiger partial charge on any atom is -0.385 e. The van der Waals surface area contributed by atoms with Gasteiger partial charge in [0.1, 0.15) is 5.82 Å². The van der Waals surface area contributed by atoms with Gasteiger partial charge in [-0.3, -0.25) is 0 Å². The molecule has 0 aliphatic rings. The van der Waals surface area contributed by atoms with Crippen LogP contribution in [0.5, 0.6) is 0 Å². The normalized spacial score (nSPS) is 10.4. The molecule has 2 N–H and O–H groups in total. The fourth-order valence-electron chi connectivity index (χ4n) is 1.80. The first-order valence-corrected chi connectivity index (χ1v) is 7.57. The number of nitrogens with zero attached hydrogens (tertiary/aromatic N) is 2. The van der Waals surface area contributed by atoms with Crippen molar-refractivity contribution in [1.29, 1.82) is 0 Å².